The van der Waals surface area contributed by atoms with Gasteiger partial charge in [0.15, 0.2) is 0 Å². The molecule has 0 unspecified atom stereocenters. The predicted molar refractivity (Wildman–Crippen MR) is 44.3 cm³/mol. The predicted octanol–water partition coefficient (Wildman–Crippen LogP) is 1.78. The van der Waals surface area contributed by atoms with Crippen molar-refractivity contribution < 1.29 is 4.39 Å². The third kappa shape index (κ3) is 1.81. The molecule has 0 N–H and O–H groups in total. The third-order valence-electron chi connectivity index (χ3n) is 1.66. The normalized spacial score (nSPS) is 10.6. The van der Waals surface area contributed by atoms with Crippen molar-refractivity contribution >= 4 is 0 Å². The van der Waals surface area contributed by atoms with E-state index in [4.69, 9.17) is 0 Å². The number of hydrogen-bond acceptors (Lipinski definition) is 2. The molecule has 1 aromatic heterocycles. The molecule has 0 aliphatic heterocycles. The Balaban J connectivity index is 2.74. The van der Waals surface area contributed by atoms with E-state index >= 15 is 0 Å². The number of aromatic nitrogens is 3. The van der Waals surface area contributed by atoms with Crippen LogP contribution in [0.3, 0.4) is 0 Å². The fourth-order valence-electron chi connectivity index (χ4n) is 1.08. The van der Waals surface area contributed by atoms with Crippen LogP contribution in [0, 0.1) is 5.95 Å². The number of halogens is 1. The van der Waals surface area contributed by atoms with Gasteiger partial charge in [0.2, 0.25) is 5.95 Å². The van der Waals surface area contributed by atoms with Crippen LogP contribution in [-0.2, 0) is 13.0 Å². The van der Waals surface area contributed by atoms with E-state index < -0.39 is 0 Å². The lowest BCUT2D eigenvalue weighted by atomic mass is 10.3. The lowest BCUT2D eigenvalue weighted by Crippen LogP contribution is -2.02. The first-order valence-electron chi connectivity index (χ1n) is 4.37. The third-order valence-corrected chi connectivity index (χ3v) is 1.66. The molecule has 1 rings (SSSR count). The van der Waals surface area contributed by atoms with Gasteiger partial charge in [0, 0.05) is 6.54 Å². The zero-order valence-corrected chi connectivity index (χ0v) is 7.55. The van der Waals surface area contributed by atoms with Crippen LogP contribution >= 0.6 is 0 Å². The maximum Gasteiger partial charge on any atom is 0.234 e. The van der Waals surface area contributed by atoms with E-state index in [9.17, 15) is 4.39 Å². The lowest BCUT2D eigenvalue weighted by molar-refractivity contribution is 0.443. The van der Waals surface area contributed by atoms with Crippen LogP contribution in [0.1, 0.15) is 32.4 Å². The van der Waals surface area contributed by atoms with Crippen molar-refractivity contribution in [2.45, 2.75) is 39.7 Å². The first-order valence-corrected chi connectivity index (χ1v) is 4.37. The molecule has 0 atom stereocenters. The molecule has 12 heavy (non-hydrogen) atoms. The molecular weight excluding hydrogens is 157 g/mol. The van der Waals surface area contributed by atoms with Crippen molar-refractivity contribution in [3.8, 4) is 0 Å². The van der Waals surface area contributed by atoms with E-state index in [1.807, 2.05) is 13.8 Å². The summed E-state index contributed by atoms with van der Waals surface area (Å²) < 4.78 is 14.6. The van der Waals surface area contributed by atoms with Crippen molar-refractivity contribution in [3.05, 3.63) is 11.6 Å². The largest absolute Gasteiger partial charge is 0.234 e. The zero-order valence-electron chi connectivity index (χ0n) is 7.55. The van der Waals surface area contributed by atoms with Gasteiger partial charge in [0.25, 0.3) is 0 Å². The molecule has 0 bridgehead atoms. The van der Waals surface area contributed by atoms with Crippen LogP contribution in [0.25, 0.3) is 0 Å². The zero-order chi connectivity index (χ0) is 8.97. The fourth-order valence-corrected chi connectivity index (χ4v) is 1.08. The molecule has 3 nitrogen and oxygen atoms in total. The average Bonchev–Trinajstić information content (AvgIpc) is 2.38. The molecule has 0 spiro atoms. The van der Waals surface area contributed by atoms with E-state index in [1.54, 1.807) is 0 Å². The van der Waals surface area contributed by atoms with Crippen LogP contribution in [0.15, 0.2) is 0 Å². The van der Waals surface area contributed by atoms with Crippen LogP contribution in [0.5, 0.6) is 0 Å². The summed E-state index contributed by atoms with van der Waals surface area (Å²) in [5, 5.41) is 7.48. The SMILES string of the molecule is CCCc1nnn(CCC)c1F. The van der Waals surface area contributed by atoms with E-state index in [0.717, 1.165) is 12.8 Å². The maximum atomic E-state index is 13.2. The minimum atomic E-state index is -0.265. The Hall–Kier alpha value is -0.930. The molecule has 0 amide bonds. The van der Waals surface area contributed by atoms with Crippen LogP contribution in [0.2, 0.25) is 0 Å². The summed E-state index contributed by atoms with van der Waals surface area (Å²) in [4.78, 5) is 0. The summed E-state index contributed by atoms with van der Waals surface area (Å²) in [5.74, 6) is -0.265. The van der Waals surface area contributed by atoms with Gasteiger partial charge in [-0.3, -0.25) is 0 Å². The highest BCUT2D eigenvalue weighted by atomic mass is 19.1. The summed E-state index contributed by atoms with van der Waals surface area (Å²) in [6.07, 6.45) is 2.46. The van der Waals surface area contributed by atoms with Gasteiger partial charge < -0.3 is 0 Å². The number of rotatable bonds is 4. The maximum absolute atomic E-state index is 13.2. The van der Waals surface area contributed by atoms with Crippen LogP contribution < -0.4 is 0 Å². The monoisotopic (exact) mass is 171 g/mol. The Morgan fingerprint density at radius 3 is 2.67 bits per heavy atom. The Morgan fingerprint density at radius 1 is 1.33 bits per heavy atom. The highest BCUT2D eigenvalue weighted by Gasteiger charge is 2.09. The van der Waals surface area contributed by atoms with Crippen molar-refractivity contribution in [1.82, 2.24) is 15.0 Å². The summed E-state index contributed by atoms with van der Waals surface area (Å²) >= 11 is 0. The molecular formula is C8H14FN3. The molecule has 0 saturated carbocycles. The van der Waals surface area contributed by atoms with Gasteiger partial charge in [-0.25, -0.2) is 4.68 Å². The molecule has 0 fully saturated rings. The minimum absolute atomic E-state index is 0.265. The quantitative estimate of drug-likeness (QED) is 0.691. The molecule has 1 aromatic rings. The average molecular weight is 171 g/mol. The molecule has 1 heterocycles. The smallest absolute Gasteiger partial charge is 0.219 e. The van der Waals surface area contributed by atoms with Crippen LogP contribution in [-0.4, -0.2) is 15.0 Å². The molecule has 4 heteroatoms. The van der Waals surface area contributed by atoms with Gasteiger partial charge in [-0.2, -0.15) is 4.39 Å². The number of hydrogen-bond donors (Lipinski definition) is 0. The molecule has 0 radical (unpaired) electrons. The molecule has 68 valence electrons. The summed E-state index contributed by atoms with van der Waals surface area (Å²) in [5.41, 5.74) is 0.492. The van der Waals surface area contributed by atoms with Gasteiger partial charge >= 0.3 is 0 Å². The number of aryl methyl sites for hydroxylation is 2. The van der Waals surface area contributed by atoms with Gasteiger partial charge in [-0.15, -0.1) is 5.10 Å². The Kier molecular flexibility index (Phi) is 3.19. The second-order valence-corrected chi connectivity index (χ2v) is 2.80. The molecule has 0 aliphatic carbocycles. The number of nitrogens with zero attached hydrogens (tertiary/aromatic N) is 3. The van der Waals surface area contributed by atoms with Crippen molar-refractivity contribution in [2.75, 3.05) is 0 Å². The summed E-state index contributed by atoms with van der Waals surface area (Å²) in [7, 11) is 0. The summed E-state index contributed by atoms with van der Waals surface area (Å²) in [6.45, 7) is 4.60. The summed E-state index contributed by atoms with van der Waals surface area (Å²) in [6, 6.07) is 0. The topological polar surface area (TPSA) is 30.7 Å². The highest BCUT2D eigenvalue weighted by molar-refractivity contribution is 4.95. The van der Waals surface area contributed by atoms with Gasteiger partial charge in [0.05, 0.1) is 0 Å². The van der Waals surface area contributed by atoms with E-state index in [-0.39, 0.29) is 5.95 Å². The second kappa shape index (κ2) is 4.18. The van der Waals surface area contributed by atoms with Crippen molar-refractivity contribution in [3.63, 3.8) is 0 Å². The highest BCUT2D eigenvalue weighted by Crippen LogP contribution is 2.05. The Morgan fingerprint density at radius 2 is 2.08 bits per heavy atom. The second-order valence-electron chi connectivity index (χ2n) is 2.80. The molecule has 0 aromatic carbocycles. The standard InChI is InChI=1S/C8H14FN3/c1-3-5-7-8(9)12(6-4-2)11-10-7/h3-6H2,1-2H3. The Bertz CT molecular complexity index is 221. The first-order chi connectivity index (χ1) is 5.79. The lowest BCUT2D eigenvalue weighted by Gasteiger charge is -1.96. The van der Waals surface area contributed by atoms with Gasteiger partial charge in [-0.05, 0) is 12.8 Å². The van der Waals surface area contributed by atoms with E-state index in [0.29, 0.717) is 18.7 Å². The molecule has 0 aliphatic rings. The van der Waals surface area contributed by atoms with Gasteiger partial charge in [-0.1, -0.05) is 25.5 Å². The minimum Gasteiger partial charge on any atom is -0.219 e. The fraction of sp³-hybridized carbons (Fsp3) is 0.750. The van der Waals surface area contributed by atoms with Crippen LogP contribution in [0.4, 0.5) is 4.39 Å². The van der Waals surface area contributed by atoms with Crippen molar-refractivity contribution in [1.29, 1.82) is 0 Å². The van der Waals surface area contributed by atoms with E-state index in [2.05, 4.69) is 10.3 Å². The first kappa shape index (κ1) is 9.16. The van der Waals surface area contributed by atoms with E-state index in [1.165, 1.54) is 4.68 Å². The van der Waals surface area contributed by atoms with Gasteiger partial charge in [0.1, 0.15) is 5.69 Å². The molecule has 0 saturated heterocycles. The Labute approximate surface area is 71.6 Å². The van der Waals surface area contributed by atoms with Crippen molar-refractivity contribution in [2.24, 2.45) is 0 Å².